The molecule has 2 N–H and O–H groups in total. The molecule has 0 saturated carbocycles. The van der Waals surface area contributed by atoms with Crippen LogP contribution in [0.15, 0.2) is 53.4 Å². The Morgan fingerprint density at radius 1 is 1.10 bits per heavy atom. The number of sulfonamides is 1. The fraction of sp³-hybridized carbons (Fsp3) is 0.200. The first-order chi connectivity index (χ1) is 9.54. The van der Waals surface area contributed by atoms with Gasteiger partial charge in [-0.2, -0.15) is 0 Å². The van der Waals surface area contributed by atoms with E-state index in [1.54, 1.807) is 12.1 Å². The van der Waals surface area contributed by atoms with Crippen LogP contribution in [0, 0.1) is 0 Å². The molecular formula is C15H15NO3S. The Morgan fingerprint density at radius 3 is 2.45 bits per heavy atom. The first kappa shape index (κ1) is 13.1. The zero-order valence-corrected chi connectivity index (χ0v) is 11.6. The van der Waals surface area contributed by atoms with Gasteiger partial charge in [-0.15, -0.1) is 0 Å². The van der Waals surface area contributed by atoms with Gasteiger partial charge in [-0.05, 0) is 41.8 Å². The molecule has 0 saturated heterocycles. The second kappa shape index (κ2) is 4.92. The van der Waals surface area contributed by atoms with E-state index in [9.17, 15) is 8.42 Å². The number of benzene rings is 2. The SMILES string of the molecule is NS(=O)(=O)c1ccc(OCC2Cc3ccccc32)cc1. The van der Waals surface area contributed by atoms with Crippen LogP contribution in [0.4, 0.5) is 0 Å². The summed E-state index contributed by atoms with van der Waals surface area (Å²) in [7, 11) is -3.64. The highest BCUT2D eigenvalue weighted by Crippen LogP contribution is 2.35. The average molecular weight is 289 g/mol. The molecule has 0 bridgehead atoms. The quantitative estimate of drug-likeness (QED) is 0.936. The molecule has 0 amide bonds. The van der Waals surface area contributed by atoms with Gasteiger partial charge in [0.25, 0.3) is 0 Å². The van der Waals surface area contributed by atoms with Crippen LogP contribution in [0.5, 0.6) is 5.75 Å². The summed E-state index contributed by atoms with van der Waals surface area (Å²) in [6.07, 6.45) is 1.03. The van der Waals surface area contributed by atoms with E-state index in [1.807, 2.05) is 12.1 Å². The number of fused-ring (bicyclic) bond motifs is 1. The third kappa shape index (κ3) is 2.55. The number of primary sulfonamides is 1. The van der Waals surface area contributed by atoms with E-state index >= 15 is 0 Å². The summed E-state index contributed by atoms with van der Waals surface area (Å²) >= 11 is 0. The summed E-state index contributed by atoms with van der Waals surface area (Å²) in [5, 5.41) is 5.04. The maximum absolute atomic E-state index is 11.1. The van der Waals surface area contributed by atoms with Gasteiger partial charge in [-0.25, -0.2) is 13.6 Å². The lowest BCUT2D eigenvalue weighted by Gasteiger charge is -2.29. The van der Waals surface area contributed by atoms with Crippen molar-refractivity contribution in [3.8, 4) is 5.75 Å². The summed E-state index contributed by atoms with van der Waals surface area (Å²) in [5.74, 6) is 1.07. The molecule has 1 unspecified atom stereocenters. The van der Waals surface area contributed by atoms with Crippen molar-refractivity contribution in [1.29, 1.82) is 0 Å². The van der Waals surface area contributed by atoms with Crippen LogP contribution >= 0.6 is 0 Å². The molecule has 0 aliphatic heterocycles. The summed E-state index contributed by atoms with van der Waals surface area (Å²) in [5.41, 5.74) is 2.72. The van der Waals surface area contributed by atoms with Crippen LogP contribution in [0.1, 0.15) is 17.0 Å². The van der Waals surface area contributed by atoms with Gasteiger partial charge in [-0.3, -0.25) is 0 Å². The number of hydrogen-bond acceptors (Lipinski definition) is 3. The van der Waals surface area contributed by atoms with E-state index in [2.05, 4.69) is 12.1 Å². The van der Waals surface area contributed by atoms with E-state index in [0.29, 0.717) is 18.3 Å². The Kier molecular flexibility index (Phi) is 3.23. The molecule has 2 aromatic carbocycles. The van der Waals surface area contributed by atoms with Crippen molar-refractivity contribution in [3.63, 3.8) is 0 Å². The Hall–Kier alpha value is -1.85. The minimum atomic E-state index is -3.64. The highest BCUT2D eigenvalue weighted by Gasteiger charge is 2.25. The third-order valence-electron chi connectivity index (χ3n) is 3.56. The highest BCUT2D eigenvalue weighted by molar-refractivity contribution is 7.89. The molecule has 0 fully saturated rings. The monoisotopic (exact) mass is 289 g/mol. The third-order valence-corrected chi connectivity index (χ3v) is 4.49. The van der Waals surface area contributed by atoms with Gasteiger partial charge in [-0.1, -0.05) is 24.3 Å². The van der Waals surface area contributed by atoms with E-state index in [4.69, 9.17) is 9.88 Å². The Labute approximate surface area is 118 Å². The Bertz CT molecular complexity index is 723. The molecule has 1 atom stereocenters. The predicted octanol–water partition coefficient (Wildman–Crippen LogP) is 2.05. The fourth-order valence-corrected chi connectivity index (χ4v) is 2.95. The van der Waals surface area contributed by atoms with Gasteiger partial charge >= 0.3 is 0 Å². The lowest BCUT2D eigenvalue weighted by atomic mass is 9.78. The van der Waals surface area contributed by atoms with Gasteiger partial charge in [0.2, 0.25) is 10.0 Å². The van der Waals surface area contributed by atoms with Crippen LogP contribution in [0.25, 0.3) is 0 Å². The van der Waals surface area contributed by atoms with Crippen LogP contribution in [-0.4, -0.2) is 15.0 Å². The van der Waals surface area contributed by atoms with Gasteiger partial charge < -0.3 is 4.74 Å². The first-order valence-corrected chi connectivity index (χ1v) is 7.92. The molecule has 0 radical (unpaired) electrons. The maximum Gasteiger partial charge on any atom is 0.238 e. The van der Waals surface area contributed by atoms with E-state index < -0.39 is 10.0 Å². The standard InChI is InChI=1S/C15H15NO3S/c16-20(17,18)14-7-5-13(6-8-14)19-10-12-9-11-3-1-2-4-15(11)12/h1-8,12H,9-10H2,(H2,16,17,18). The lowest BCUT2D eigenvalue weighted by Crippen LogP contribution is -2.23. The average Bonchev–Trinajstić information content (AvgIpc) is 2.39. The molecule has 4 nitrogen and oxygen atoms in total. The molecule has 104 valence electrons. The Balaban J connectivity index is 1.63. The van der Waals surface area contributed by atoms with Crippen LogP contribution in [0.3, 0.4) is 0 Å². The van der Waals surface area contributed by atoms with Crippen molar-refractivity contribution >= 4 is 10.0 Å². The zero-order valence-electron chi connectivity index (χ0n) is 10.8. The van der Waals surface area contributed by atoms with Crippen molar-refractivity contribution in [2.75, 3.05) is 6.61 Å². The van der Waals surface area contributed by atoms with Gasteiger partial charge in [0.1, 0.15) is 5.75 Å². The molecule has 2 aromatic rings. The number of nitrogens with two attached hydrogens (primary N) is 1. The van der Waals surface area contributed by atoms with Crippen molar-refractivity contribution < 1.29 is 13.2 Å². The van der Waals surface area contributed by atoms with Crippen LogP contribution in [-0.2, 0) is 16.4 Å². The normalized spacial score (nSPS) is 17.1. The fourth-order valence-electron chi connectivity index (χ4n) is 2.43. The molecule has 0 spiro atoms. The van der Waals surface area contributed by atoms with Crippen molar-refractivity contribution in [2.24, 2.45) is 5.14 Å². The Morgan fingerprint density at radius 2 is 1.80 bits per heavy atom. The first-order valence-electron chi connectivity index (χ1n) is 6.37. The van der Waals surface area contributed by atoms with Crippen LogP contribution < -0.4 is 9.88 Å². The van der Waals surface area contributed by atoms with E-state index in [1.165, 1.54) is 23.3 Å². The summed E-state index contributed by atoms with van der Waals surface area (Å²) in [6, 6.07) is 14.5. The van der Waals surface area contributed by atoms with Gasteiger partial charge in [0.15, 0.2) is 0 Å². The second-order valence-electron chi connectivity index (χ2n) is 4.93. The van der Waals surface area contributed by atoms with E-state index in [0.717, 1.165) is 6.42 Å². The molecule has 1 aliphatic rings. The van der Waals surface area contributed by atoms with Crippen LogP contribution in [0.2, 0.25) is 0 Å². The number of hydrogen-bond donors (Lipinski definition) is 1. The molecule has 0 heterocycles. The van der Waals surface area contributed by atoms with Crippen molar-refractivity contribution in [2.45, 2.75) is 17.2 Å². The smallest absolute Gasteiger partial charge is 0.238 e. The molecular weight excluding hydrogens is 274 g/mol. The topological polar surface area (TPSA) is 69.4 Å². The predicted molar refractivity (Wildman–Crippen MR) is 76.2 cm³/mol. The number of rotatable bonds is 4. The minimum Gasteiger partial charge on any atom is -0.493 e. The number of ether oxygens (including phenoxy) is 1. The van der Waals surface area contributed by atoms with E-state index in [-0.39, 0.29) is 4.90 Å². The largest absolute Gasteiger partial charge is 0.493 e. The minimum absolute atomic E-state index is 0.0961. The molecule has 0 aromatic heterocycles. The van der Waals surface area contributed by atoms with Crippen molar-refractivity contribution in [3.05, 3.63) is 59.7 Å². The maximum atomic E-state index is 11.1. The van der Waals surface area contributed by atoms with Crippen molar-refractivity contribution in [1.82, 2.24) is 0 Å². The summed E-state index contributed by atoms with van der Waals surface area (Å²) in [6.45, 7) is 0.603. The molecule has 20 heavy (non-hydrogen) atoms. The summed E-state index contributed by atoms with van der Waals surface area (Å²) < 4.78 is 28.0. The van der Waals surface area contributed by atoms with Gasteiger partial charge in [0.05, 0.1) is 11.5 Å². The molecule has 3 rings (SSSR count). The second-order valence-corrected chi connectivity index (χ2v) is 6.49. The lowest BCUT2D eigenvalue weighted by molar-refractivity contribution is 0.275. The highest BCUT2D eigenvalue weighted by atomic mass is 32.2. The molecule has 5 heteroatoms. The summed E-state index contributed by atoms with van der Waals surface area (Å²) in [4.78, 5) is 0.0961. The zero-order chi connectivity index (χ0) is 14.2. The van der Waals surface area contributed by atoms with Gasteiger partial charge in [0, 0.05) is 5.92 Å². The molecule has 1 aliphatic carbocycles.